The first-order valence-corrected chi connectivity index (χ1v) is 7.50. The number of unbranched alkanes of at least 4 members (excludes halogenated alkanes) is 1. The van der Waals surface area contributed by atoms with Crippen LogP contribution in [0.3, 0.4) is 0 Å². The summed E-state index contributed by atoms with van der Waals surface area (Å²) >= 11 is 0. The molecule has 0 spiro atoms. The highest BCUT2D eigenvalue weighted by molar-refractivity contribution is 5.91. The second-order valence-electron chi connectivity index (χ2n) is 5.54. The molecule has 0 aliphatic carbocycles. The molecule has 0 aromatic heterocycles. The molecule has 0 fully saturated rings. The number of nitrogens with one attached hydrogen (secondary N) is 1. The highest BCUT2D eigenvalue weighted by atomic mass is 16.5. The Morgan fingerprint density at radius 2 is 1.75 bits per heavy atom. The Balaban J connectivity index is 2.03. The molecule has 0 aliphatic rings. The van der Waals surface area contributed by atoms with Gasteiger partial charge in [0, 0.05) is 11.4 Å². The molecule has 2 aromatic rings. The second-order valence-corrected chi connectivity index (χ2v) is 5.54. The maximum Gasteiger partial charge on any atom is 0.126 e. The molecule has 0 saturated carbocycles. The van der Waals surface area contributed by atoms with Crippen molar-refractivity contribution in [2.24, 2.45) is 0 Å². The van der Waals surface area contributed by atoms with Gasteiger partial charge in [0.1, 0.15) is 5.75 Å². The third-order valence-electron chi connectivity index (χ3n) is 3.62. The van der Waals surface area contributed by atoms with Crippen LogP contribution in [0.1, 0.15) is 32.3 Å². The summed E-state index contributed by atoms with van der Waals surface area (Å²) in [5.41, 5.74) is 1.42. The molecule has 0 aliphatic heterocycles. The summed E-state index contributed by atoms with van der Waals surface area (Å²) in [6, 6.07) is 13.4. The van der Waals surface area contributed by atoms with Crippen LogP contribution in [-0.4, -0.2) is 19.7 Å². The van der Waals surface area contributed by atoms with Gasteiger partial charge in [0.2, 0.25) is 0 Å². The smallest absolute Gasteiger partial charge is 0.126 e. The van der Waals surface area contributed by atoms with Crippen molar-refractivity contribution in [1.29, 1.82) is 0 Å². The Hall–Kier alpha value is -1.54. The molecule has 2 rings (SSSR count). The highest BCUT2D eigenvalue weighted by Gasteiger charge is 2.05. The fourth-order valence-corrected chi connectivity index (χ4v) is 2.56. The van der Waals surface area contributed by atoms with Crippen molar-refractivity contribution in [1.82, 2.24) is 5.32 Å². The fourth-order valence-electron chi connectivity index (χ4n) is 2.56. The predicted molar refractivity (Wildman–Crippen MR) is 86.6 cm³/mol. The molecule has 0 radical (unpaired) electrons. The third-order valence-corrected chi connectivity index (χ3v) is 3.62. The van der Waals surface area contributed by atoms with Crippen LogP contribution in [0.5, 0.6) is 5.75 Å². The van der Waals surface area contributed by atoms with Gasteiger partial charge in [-0.1, -0.05) is 44.2 Å². The van der Waals surface area contributed by atoms with Gasteiger partial charge in [0.15, 0.2) is 0 Å². The Bertz CT molecular complexity index is 548. The van der Waals surface area contributed by atoms with E-state index in [-0.39, 0.29) is 0 Å². The van der Waals surface area contributed by atoms with Crippen molar-refractivity contribution in [3.8, 4) is 5.75 Å². The molecule has 2 aromatic carbocycles. The van der Waals surface area contributed by atoms with E-state index in [9.17, 15) is 0 Å². The normalized spacial score (nSPS) is 11.2. The van der Waals surface area contributed by atoms with Gasteiger partial charge in [-0.3, -0.25) is 0 Å². The minimum atomic E-state index is 0.580. The number of ether oxygens (including phenoxy) is 1. The SMILES string of the molecule is COc1ccc(CCCCNC(C)C)c2ccccc12. The maximum absolute atomic E-state index is 5.44. The Morgan fingerprint density at radius 1 is 1.00 bits per heavy atom. The number of aryl methyl sites for hydroxylation is 1. The summed E-state index contributed by atoms with van der Waals surface area (Å²) in [7, 11) is 1.74. The number of fused-ring (bicyclic) bond motifs is 1. The lowest BCUT2D eigenvalue weighted by Crippen LogP contribution is -2.23. The lowest BCUT2D eigenvalue weighted by molar-refractivity contribution is 0.419. The van der Waals surface area contributed by atoms with Gasteiger partial charge < -0.3 is 10.1 Å². The van der Waals surface area contributed by atoms with Crippen molar-refractivity contribution in [2.45, 2.75) is 39.2 Å². The molecule has 0 amide bonds. The molecule has 0 bridgehead atoms. The fraction of sp³-hybridized carbons (Fsp3) is 0.444. The highest BCUT2D eigenvalue weighted by Crippen LogP contribution is 2.29. The Morgan fingerprint density at radius 3 is 2.45 bits per heavy atom. The van der Waals surface area contributed by atoms with Gasteiger partial charge in [-0.15, -0.1) is 0 Å². The Kier molecular flexibility index (Phi) is 5.42. The van der Waals surface area contributed by atoms with Gasteiger partial charge in [0.25, 0.3) is 0 Å². The quantitative estimate of drug-likeness (QED) is 0.763. The first-order chi connectivity index (χ1) is 9.72. The van der Waals surface area contributed by atoms with Crippen molar-refractivity contribution < 1.29 is 4.74 Å². The molecule has 108 valence electrons. The predicted octanol–water partition coefficient (Wildman–Crippen LogP) is 4.17. The number of rotatable bonds is 7. The first kappa shape index (κ1) is 14.9. The average Bonchev–Trinajstić information content (AvgIpc) is 2.46. The summed E-state index contributed by atoms with van der Waals surface area (Å²) in [5.74, 6) is 0.964. The van der Waals surface area contributed by atoms with E-state index in [0.717, 1.165) is 18.7 Å². The van der Waals surface area contributed by atoms with Crippen LogP contribution >= 0.6 is 0 Å². The molecule has 0 atom stereocenters. The van der Waals surface area contributed by atoms with Gasteiger partial charge in [0.05, 0.1) is 7.11 Å². The molecule has 2 nitrogen and oxygen atoms in total. The van der Waals surface area contributed by atoms with E-state index in [2.05, 4.69) is 55.6 Å². The van der Waals surface area contributed by atoms with E-state index >= 15 is 0 Å². The summed E-state index contributed by atoms with van der Waals surface area (Å²) in [4.78, 5) is 0. The largest absolute Gasteiger partial charge is 0.496 e. The van der Waals surface area contributed by atoms with Crippen molar-refractivity contribution >= 4 is 10.8 Å². The van der Waals surface area contributed by atoms with Crippen LogP contribution in [0, 0.1) is 0 Å². The first-order valence-electron chi connectivity index (χ1n) is 7.50. The van der Waals surface area contributed by atoms with Gasteiger partial charge in [-0.25, -0.2) is 0 Å². The van der Waals surface area contributed by atoms with E-state index in [1.54, 1.807) is 7.11 Å². The van der Waals surface area contributed by atoms with Crippen LogP contribution in [0.4, 0.5) is 0 Å². The molecule has 20 heavy (non-hydrogen) atoms. The van der Waals surface area contributed by atoms with Gasteiger partial charge in [-0.2, -0.15) is 0 Å². The standard InChI is InChI=1S/C18H25NO/c1-14(2)19-13-7-6-8-15-11-12-18(20-3)17-10-5-4-9-16(15)17/h4-5,9-12,14,19H,6-8,13H2,1-3H3. The van der Waals surface area contributed by atoms with Gasteiger partial charge in [-0.05, 0) is 42.8 Å². The minimum Gasteiger partial charge on any atom is -0.496 e. The van der Waals surface area contributed by atoms with Crippen molar-refractivity contribution in [2.75, 3.05) is 13.7 Å². The zero-order valence-electron chi connectivity index (χ0n) is 12.8. The second kappa shape index (κ2) is 7.30. The summed E-state index contributed by atoms with van der Waals surface area (Å²) in [5, 5.41) is 6.01. The number of methoxy groups -OCH3 is 1. The number of benzene rings is 2. The van der Waals surface area contributed by atoms with Gasteiger partial charge >= 0.3 is 0 Å². The zero-order chi connectivity index (χ0) is 14.4. The molecule has 1 N–H and O–H groups in total. The van der Waals surface area contributed by atoms with Crippen LogP contribution in [0.15, 0.2) is 36.4 Å². The Labute approximate surface area is 122 Å². The van der Waals surface area contributed by atoms with E-state index < -0.39 is 0 Å². The third kappa shape index (κ3) is 3.73. The maximum atomic E-state index is 5.44. The lowest BCUT2D eigenvalue weighted by Gasteiger charge is -2.11. The summed E-state index contributed by atoms with van der Waals surface area (Å²) in [6.45, 7) is 5.49. The van der Waals surface area contributed by atoms with E-state index in [0.29, 0.717) is 6.04 Å². The van der Waals surface area contributed by atoms with Crippen molar-refractivity contribution in [3.63, 3.8) is 0 Å². The average molecular weight is 271 g/mol. The van der Waals surface area contributed by atoms with Crippen LogP contribution in [0.2, 0.25) is 0 Å². The van der Waals surface area contributed by atoms with Crippen LogP contribution in [0.25, 0.3) is 10.8 Å². The molecule has 0 unspecified atom stereocenters. The van der Waals surface area contributed by atoms with E-state index in [4.69, 9.17) is 4.74 Å². The molecular formula is C18H25NO. The summed E-state index contributed by atoms with van der Waals surface area (Å²) in [6.07, 6.45) is 3.57. The molecular weight excluding hydrogens is 246 g/mol. The van der Waals surface area contributed by atoms with Crippen molar-refractivity contribution in [3.05, 3.63) is 42.0 Å². The topological polar surface area (TPSA) is 21.3 Å². The molecule has 0 saturated heterocycles. The van der Waals surface area contributed by atoms with E-state index in [1.807, 2.05) is 0 Å². The summed E-state index contributed by atoms with van der Waals surface area (Å²) < 4.78 is 5.44. The van der Waals surface area contributed by atoms with E-state index in [1.165, 1.54) is 29.2 Å². The minimum absolute atomic E-state index is 0.580. The molecule has 2 heteroatoms. The molecule has 0 heterocycles. The zero-order valence-corrected chi connectivity index (χ0v) is 12.8. The number of hydrogen-bond donors (Lipinski definition) is 1. The van der Waals surface area contributed by atoms with Crippen LogP contribution < -0.4 is 10.1 Å². The van der Waals surface area contributed by atoms with Crippen LogP contribution in [-0.2, 0) is 6.42 Å². The lowest BCUT2D eigenvalue weighted by atomic mass is 9.99. The number of hydrogen-bond acceptors (Lipinski definition) is 2. The monoisotopic (exact) mass is 271 g/mol.